The third-order valence-corrected chi connectivity index (χ3v) is 6.18. The molecule has 4 heterocycles. The van der Waals surface area contributed by atoms with Gasteiger partial charge in [0, 0.05) is 68.2 Å². The maximum atomic E-state index is 12.8. The normalized spacial score (nSPS) is 22.8. The van der Waals surface area contributed by atoms with Gasteiger partial charge in [-0.25, -0.2) is 4.98 Å². The number of aromatic nitrogens is 4. The molecular formula is C20H28N6O2. The van der Waals surface area contributed by atoms with Gasteiger partial charge < -0.3 is 14.8 Å². The Hall–Kier alpha value is -2.64. The molecule has 1 N–H and O–H groups in total. The van der Waals surface area contributed by atoms with E-state index in [9.17, 15) is 9.59 Å². The second-order valence-electron chi connectivity index (χ2n) is 8.19. The molecule has 1 spiro atoms. The summed E-state index contributed by atoms with van der Waals surface area (Å²) in [5.74, 6) is 0.340. The predicted octanol–water partition coefficient (Wildman–Crippen LogP) is 1.39. The van der Waals surface area contributed by atoms with Crippen molar-refractivity contribution < 1.29 is 9.59 Å². The van der Waals surface area contributed by atoms with Gasteiger partial charge in [0.2, 0.25) is 11.8 Å². The van der Waals surface area contributed by atoms with Gasteiger partial charge in [0.25, 0.3) is 0 Å². The first-order valence-electron chi connectivity index (χ1n) is 10.1. The number of likely N-dealkylation sites (tertiary alicyclic amines) is 2. The van der Waals surface area contributed by atoms with Crippen molar-refractivity contribution in [3.05, 3.63) is 36.2 Å². The van der Waals surface area contributed by atoms with E-state index in [1.54, 1.807) is 17.2 Å². The Kier molecular flexibility index (Phi) is 5.19. The van der Waals surface area contributed by atoms with Crippen LogP contribution in [0.4, 0.5) is 0 Å². The molecule has 2 aromatic heterocycles. The van der Waals surface area contributed by atoms with Gasteiger partial charge in [-0.05, 0) is 32.3 Å². The van der Waals surface area contributed by atoms with E-state index in [1.165, 1.54) is 0 Å². The summed E-state index contributed by atoms with van der Waals surface area (Å²) in [5.41, 5.74) is 2.06. The maximum Gasteiger partial charge on any atom is 0.244 e. The van der Waals surface area contributed by atoms with Crippen molar-refractivity contribution in [3.63, 3.8) is 0 Å². The molecule has 4 rings (SSSR count). The van der Waals surface area contributed by atoms with Crippen LogP contribution in [-0.4, -0.2) is 67.5 Å². The number of imidazole rings is 1. The number of carbonyl (C=O) groups is 2. The molecule has 1 unspecified atom stereocenters. The lowest BCUT2D eigenvalue weighted by molar-refractivity contribution is -0.143. The van der Waals surface area contributed by atoms with Gasteiger partial charge in [0.05, 0.1) is 6.33 Å². The van der Waals surface area contributed by atoms with E-state index in [0.29, 0.717) is 13.0 Å². The number of hydrogen-bond donors (Lipinski definition) is 1. The Bertz CT molecular complexity index is 830. The number of nitrogens with zero attached hydrogens (tertiary/aromatic N) is 5. The van der Waals surface area contributed by atoms with E-state index in [4.69, 9.17) is 0 Å². The minimum absolute atomic E-state index is 0.0228. The first-order chi connectivity index (χ1) is 13.5. The Labute approximate surface area is 164 Å². The monoisotopic (exact) mass is 384 g/mol. The van der Waals surface area contributed by atoms with Crippen LogP contribution in [0.5, 0.6) is 0 Å². The molecule has 2 aliphatic heterocycles. The van der Waals surface area contributed by atoms with Gasteiger partial charge in [-0.3, -0.25) is 14.3 Å². The van der Waals surface area contributed by atoms with Crippen molar-refractivity contribution in [2.45, 2.75) is 45.6 Å². The number of amides is 2. The number of aryl methyl sites for hydroxylation is 1. The molecule has 1 atom stereocenters. The molecule has 2 amide bonds. The molecular weight excluding hydrogens is 356 g/mol. The lowest BCUT2D eigenvalue weighted by atomic mass is 9.73. The fourth-order valence-corrected chi connectivity index (χ4v) is 4.53. The Balaban J connectivity index is 1.39. The zero-order valence-corrected chi connectivity index (χ0v) is 16.4. The van der Waals surface area contributed by atoms with E-state index in [2.05, 4.69) is 15.1 Å². The van der Waals surface area contributed by atoms with Crippen LogP contribution in [0.25, 0.3) is 0 Å². The van der Waals surface area contributed by atoms with Crippen molar-refractivity contribution in [3.8, 4) is 0 Å². The smallest absolute Gasteiger partial charge is 0.244 e. The quantitative estimate of drug-likeness (QED) is 0.844. The molecule has 0 bridgehead atoms. The van der Waals surface area contributed by atoms with Crippen LogP contribution in [0, 0.1) is 12.3 Å². The van der Waals surface area contributed by atoms with Gasteiger partial charge in [0.15, 0.2) is 0 Å². The standard InChI is InChI=1S/C20H28N6O2/c1-16-4-8-23-26(16)12-19(28)24-9-2-6-20(13-24)7-3-18(27)25(14-20)10-5-17-11-21-15-22-17/h4,8,11,15H,2-3,5-7,9-10,12-14H2,1H3,(H,21,22). The van der Waals surface area contributed by atoms with Gasteiger partial charge in [-0.15, -0.1) is 0 Å². The van der Waals surface area contributed by atoms with Gasteiger partial charge in [-0.1, -0.05) is 0 Å². The Morgan fingerprint density at radius 1 is 1.32 bits per heavy atom. The average molecular weight is 384 g/mol. The summed E-state index contributed by atoms with van der Waals surface area (Å²) < 4.78 is 1.75. The second kappa shape index (κ2) is 7.77. The van der Waals surface area contributed by atoms with Crippen molar-refractivity contribution in [2.24, 2.45) is 5.41 Å². The highest BCUT2D eigenvalue weighted by molar-refractivity contribution is 5.78. The molecule has 28 heavy (non-hydrogen) atoms. The molecule has 0 radical (unpaired) electrons. The fourth-order valence-electron chi connectivity index (χ4n) is 4.53. The Morgan fingerprint density at radius 3 is 2.96 bits per heavy atom. The fraction of sp³-hybridized carbons (Fsp3) is 0.600. The van der Waals surface area contributed by atoms with E-state index in [0.717, 1.165) is 56.7 Å². The van der Waals surface area contributed by atoms with Crippen LogP contribution in [0.2, 0.25) is 0 Å². The molecule has 0 aromatic carbocycles. The van der Waals surface area contributed by atoms with Crippen molar-refractivity contribution in [1.29, 1.82) is 0 Å². The van der Waals surface area contributed by atoms with Crippen LogP contribution in [-0.2, 0) is 22.6 Å². The van der Waals surface area contributed by atoms with Crippen molar-refractivity contribution in [2.75, 3.05) is 26.2 Å². The average Bonchev–Trinajstić information content (AvgIpc) is 3.35. The third-order valence-electron chi connectivity index (χ3n) is 6.18. The molecule has 2 fully saturated rings. The summed E-state index contributed by atoms with van der Waals surface area (Å²) in [4.78, 5) is 36.4. The van der Waals surface area contributed by atoms with Crippen molar-refractivity contribution in [1.82, 2.24) is 29.5 Å². The lowest BCUT2D eigenvalue weighted by Crippen LogP contribution is -2.55. The number of nitrogens with one attached hydrogen (secondary N) is 1. The first-order valence-corrected chi connectivity index (χ1v) is 10.1. The highest BCUT2D eigenvalue weighted by Crippen LogP contribution is 2.39. The van der Waals surface area contributed by atoms with E-state index in [-0.39, 0.29) is 23.8 Å². The Morgan fingerprint density at radius 2 is 2.21 bits per heavy atom. The molecule has 8 heteroatoms. The number of hydrogen-bond acceptors (Lipinski definition) is 4. The molecule has 8 nitrogen and oxygen atoms in total. The highest BCUT2D eigenvalue weighted by atomic mass is 16.2. The van der Waals surface area contributed by atoms with E-state index >= 15 is 0 Å². The molecule has 150 valence electrons. The summed E-state index contributed by atoms with van der Waals surface area (Å²) in [7, 11) is 0. The van der Waals surface area contributed by atoms with Crippen LogP contribution >= 0.6 is 0 Å². The molecule has 0 saturated carbocycles. The first kappa shape index (κ1) is 18.7. The number of aromatic amines is 1. The second-order valence-corrected chi connectivity index (χ2v) is 8.19. The maximum absolute atomic E-state index is 12.8. The van der Waals surface area contributed by atoms with Gasteiger partial charge in [0.1, 0.15) is 6.54 Å². The summed E-state index contributed by atoms with van der Waals surface area (Å²) in [6.07, 6.45) is 9.50. The summed E-state index contributed by atoms with van der Waals surface area (Å²) >= 11 is 0. The summed E-state index contributed by atoms with van der Waals surface area (Å²) in [6, 6.07) is 1.91. The van der Waals surface area contributed by atoms with Crippen LogP contribution in [0.1, 0.15) is 37.1 Å². The van der Waals surface area contributed by atoms with Crippen molar-refractivity contribution >= 4 is 11.8 Å². The van der Waals surface area contributed by atoms with Gasteiger partial charge >= 0.3 is 0 Å². The zero-order chi connectivity index (χ0) is 19.6. The summed E-state index contributed by atoms with van der Waals surface area (Å²) in [6.45, 7) is 5.22. The number of H-pyrrole nitrogens is 1. The minimum Gasteiger partial charge on any atom is -0.348 e. The lowest BCUT2D eigenvalue weighted by Gasteiger charge is -2.48. The number of rotatable bonds is 5. The molecule has 2 saturated heterocycles. The highest BCUT2D eigenvalue weighted by Gasteiger charge is 2.42. The van der Waals surface area contributed by atoms with E-state index < -0.39 is 0 Å². The number of carbonyl (C=O) groups excluding carboxylic acids is 2. The largest absolute Gasteiger partial charge is 0.348 e. The minimum atomic E-state index is 0.0228. The van der Waals surface area contributed by atoms with Crippen LogP contribution in [0.3, 0.4) is 0 Å². The molecule has 2 aromatic rings. The van der Waals surface area contributed by atoms with Crippen LogP contribution < -0.4 is 0 Å². The third kappa shape index (κ3) is 3.95. The topological polar surface area (TPSA) is 87.1 Å². The molecule has 2 aliphatic rings. The summed E-state index contributed by atoms with van der Waals surface area (Å²) in [5, 5.41) is 4.23. The van der Waals surface area contributed by atoms with Crippen LogP contribution in [0.15, 0.2) is 24.8 Å². The predicted molar refractivity (Wildman–Crippen MR) is 103 cm³/mol. The van der Waals surface area contributed by atoms with Gasteiger partial charge in [-0.2, -0.15) is 5.10 Å². The van der Waals surface area contributed by atoms with E-state index in [1.807, 2.05) is 29.0 Å². The zero-order valence-electron chi connectivity index (χ0n) is 16.4. The SMILES string of the molecule is Cc1ccnn1CC(=O)N1CCCC2(CCC(=O)N(CCc3cnc[nH]3)C2)C1. The molecule has 0 aliphatic carbocycles. The number of piperidine rings is 2.